The van der Waals surface area contributed by atoms with Crippen LogP contribution in [0.2, 0.25) is 0 Å². The van der Waals surface area contributed by atoms with Crippen LogP contribution in [-0.2, 0) is 4.74 Å². The molecule has 3 fully saturated rings. The van der Waals surface area contributed by atoms with E-state index in [0.717, 1.165) is 36.3 Å². The second kappa shape index (κ2) is 7.33. The molecule has 4 heterocycles. The van der Waals surface area contributed by atoms with Gasteiger partial charge < -0.3 is 20.3 Å². The summed E-state index contributed by atoms with van der Waals surface area (Å²) in [6.45, 7) is 3.82. The van der Waals surface area contributed by atoms with Gasteiger partial charge in [-0.15, -0.1) is 11.3 Å². The maximum atomic E-state index is 13.3. The molecular formula is C21H24N6O2S. The minimum absolute atomic E-state index is 0.149. The van der Waals surface area contributed by atoms with E-state index < -0.39 is 0 Å². The van der Waals surface area contributed by atoms with E-state index in [2.05, 4.69) is 20.5 Å². The molecule has 3 N–H and O–H groups in total. The van der Waals surface area contributed by atoms with E-state index in [-0.39, 0.29) is 11.6 Å². The van der Waals surface area contributed by atoms with Gasteiger partial charge in [0.25, 0.3) is 5.56 Å². The van der Waals surface area contributed by atoms with Crippen LogP contribution in [-0.4, -0.2) is 59.9 Å². The second-order valence-electron chi connectivity index (χ2n) is 8.30. The van der Waals surface area contributed by atoms with Gasteiger partial charge in [0.05, 0.1) is 23.4 Å². The number of rotatable bonds is 4. The molecule has 1 saturated carbocycles. The lowest BCUT2D eigenvalue weighted by Gasteiger charge is -2.29. The van der Waals surface area contributed by atoms with Gasteiger partial charge in [-0.3, -0.25) is 9.78 Å². The van der Waals surface area contributed by atoms with Crippen molar-refractivity contribution in [3.63, 3.8) is 0 Å². The van der Waals surface area contributed by atoms with Crippen LogP contribution in [0, 0.1) is 5.92 Å². The van der Waals surface area contributed by atoms with Crippen LogP contribution in [0.3, 0.4) is 0 Å². The molecule has 2 aromatic heterocycles. The first-order valence-corrected chi connectivity index (χ1v) is 11.4. The fourth-order valence-corrected chi connectivity index (χ4v) is 5.87. The average Bonchev–Trinajstić information content (AvgIpc) is 3.49. The molecule has 3 aromatic rings. The third-order valence-corrected chi connectivity index (χ3v) is 7.43. The summed E-state index contributed by atoms with van der Waals surface area (Å²) in [7, 11) is 0. The smallest absolute Gasteiger partial charge is 0.264 e. The number of aromatic amines is 1. The zero-order valence-electron chi connectivity index (χ0n) is 16.6. The largest absolute Gasteiger partial charge is 0.378 e. The van der Waals surface area contributed by atoms with Crippen molar-refractivity contribution in [1.29, 1.82) is 0 Å². The highest BCUT2D eigenvalue weighted by atomic mass is 32.1. The van der Waals surface area contributed by atoms with Gasteiger partial charge in [-0.05, 0) is 37.4 Å². The number of nitrogens with zero attached hydrogens (tertiary/aromatic N) is 3. The Morgan fingerprint density at radius 1 is 1.17 bits per heavy atom. The summed E-state index contributed by atoms with van der Waals surface area (Å²) in [5, 5.41) is 7.91. The molecule has 3 aliphatic rings. The fourth-order valence-electron chi connectivity index (χ4n) is 4.86. The topological polar surface area (TPSA) is 95.2 Å². The first kappa shape index (κ1) is 18.3. The van der Waals surface area contributed by atoms with Crippen LogP contribution in [0.25, 0.3) is 20.8 Å². The highest BCUT2D eigenvalue weighted by Crippen LogP contribution is 2.36. The zero-order chi connectivity index (χ0) is 20.1. The predicted molar refractivity (Wildman–Crippen MR) is 118 cm³/mol. The summed E-state index contributed by atoms with van der Waals surface area (Å²) in [6.07, 6.45) is 2.30. The number of anilines is 2. The van der Waals surface area contributed by atoms with Crippen molar-refractivity contribution in [2.75, 3.05) is 43.1 Å². The molecule has 2 bridgehead atoms. The standard InChI is InChI=1S/C21H24N6O2S/c28-19-17(20-24-13-3-1-2-4-16(13)30-20)18(23-15-10-12-9-14(15)22-11-12)25-21(26-19)27-5-7-29-8-6-27/h1-4,12,14-15,22H,5-11H2,(H2,23,25,26,28)/t12-,14+,15-/m1/s1. The summed E-state index contributed by atoms with van der Waals surface area (Å²) in [4.78, 5) is 28.0. The number of hydrogen-bond donors (Lipinski definition) is 3. The Morgan fingerprint density at radius 3 is 2.80 bits per heavy atom. The first-order valence-electron chi connectivity index (χ1n) is 10.6. The quantitative estimate of drug-likeness (QED) is 0.590. The minimum Gasteiger partial charge on any atom is -0.378 e. The van der Waals surface area contributed by atoms with Crippen LogP contribution in [0.15, 0.2) is 29.1 Å². The lowest BCUT2D eigenvalue weighted by molar-refractivity contribution is 0.122. The first-order chi connectivity index (χ1) is 14.7. The highest BCUT2D eigenvalue weighted by molar-refractivity contribution is 7.21. The number of ether oxygens (including phenoxy) is 1. The molecule has 3 atom stereocenters. The van der Waals surface area contributed by atoms with Crippen molar-refractivity contribution in [2.24, 2.45) is 5.92 Å². The number of para-hydroxylation sites is 1. The van der Waals surface area contributed by atoms with Crippen LogP contribution in [0.4, 0.5) is 11.8 Å². The monoisotopic (exact) mass is 424 g/mol. The Balaban J connectivity index is 1.44. The van der Waals surface area contributed by atoms with Gasteiger partial charge in [-0.1, -0.05) is 12.1 Å². The second-order valence-corrected chi connectivity index (χ2v) is 9.33. The van der Waals surface area contributed by atoms with Gasteiger partial charge in [0.2, 0.25) is 5.95 Å². The molecule has 30 heavy (non-hydrogen) atoms. The maximum Gasteiger partial charge on any atom is 0.264 e. The Labute approximate surface area is 177 Å². The summed E-state index contributed by atoms with van der Waals surface area (Å²) >= 11 is 1.53. The van der Waals surface area contributed by atoms with Gasteiger partial charge in [0.15, 0.2) is 0 Å². The lowest BCUT2D eigenvalue weighted by atomic mass is 10.1. The molecule has 0 radical (unpaired) electrons. The number of fused-ring (bicyclic) bond motifs is 3. The van der Waals surface area contributed by atoms with Gasteiger partial charge in [0, 0.05) is 25.2 Å². The Morgan fingerprint density at radius 2 is 2.03 bits per heavy atom. The number of morpholine rings is 1. The summed E-state index contributed by atoms with van der Waals surface area (Å²) in [5.74, 6) is 1.95. The molecule has 0 spiro atoms. The zero-order valence-corrected chi connectivity index (χ0v) is 17.4. The molecular weight excluding hydrogens is 400 g/mol. The van der Waals surface area contributed by atoms with Crippen molar-refractivity contribution in [3.8, 4) is 10.6 Å². The van der Waals surface area contributed by atoms with Crippen molar-refractivity contribution in [2.45, 2.75) is 24.9 Å². The molecule has 1 aliphatic carbocycles. The van der Waals surface area contributed by atoms with Crippen LogP contribution in [0.1, 0.15) is 12.8 Å². The Kier molecular flexibility index (Phi) is 4.47. The van der Waals surface area contributed by atoms with E-state index in [4.69, 9.17) is 14.7 Å². The molecule has 8 nitrogen and oxygen atoms in total. The van der Waals surface area contributed by atoms with Gasteiger partial charge in [-0.25, -0.2) is 4.98 Å². The highest BCUT2D eigenvalue weighted by Gasteiger charge is 2.40. The third-order valence-electron chi connectivity index (χ3n) is 6.38. The molecule has 9 heteroatoms. The molecule has 1 aromatic carbocycles. The molecule has 2 aliphatic heterocycles. The number of H-pyrrole nitrogens is 1. The fraction of sp³-hybridized carbons (Fsp3) is 0.476. The number of hydrogen-bond acceptors (Lipinski definition) is 8. The summed E-state index contributed by atoms with van der Waals surface area (Å²) in [6, 6.07) is 8.69. The molecule has 0 unspecified atom stereocenters. The van der Waals surface area contributed by atoms with Crippen molar-refractivity contribution < 1.29 is 4.74 Å². The number of nitrogens with one attached hydrogen (secondary N) is 3. The molecule has 2 saturated heterocycles. The minimum atomic E-state index is -0.149. The van der Waals surface area contributed by atoms with Gasteiger partial charge >= 0.3 is 0 Å². The van der Waals surface area contributed by atoms with E-state index in [9.17, 15) is 4.79 Å². The van der Waals surface area contributed by atoms with E-state index >= 15 is 0 Å². The predicted octanol–water partition coefficient (Wildman–Crippen LogP) is 2.05. The third kappa shape index (κ3) is 3.17. The molecule has 156 valence electrons. The summed E-state index contributed by atoms with van der Waals surface area (Å²) in [5.41, 5.74) is 1.29. The van der Waals surface area contributed by atoms with Crippen molar-refractivity contribution in [1.82, 2.24) is 20.3 Å². The van der Waals surface area contributed by atoms with E-state index in [1.165, 1.54) is 17.8 Å². The Hall–Kier alpha value is -2.49. The average molecular weight is 425 g/mol. The van der Waals surface area contributed by atoms with Crippen molar-refractivity contribution >= 4 is 33.3 Å². The van der Waals surface area contributed by atoms with E-state index in [0.29, 0.717) is 47.5 Å². The van der Waals surface area contributed by atoms with Crippen LogP contribution >= 0.6 is 11.3 Å². The van der Waals surface area contributed by atoms with E-state index in [1.807, 2.05) is 24.3 Å². The van der Waals surface area contributed by atoms with Gasteiger partial charge in [-0.2, -0.15) is 4.98 Å². The van der Waals surface area contributed by atoms with Gasteiger partial charge in [0.1, 0.15) is 16.4 Å². The molecule has 6 rings (SSSR count). The van der Waals surface area contributed by atoms with Crippen molar-refractivity contribution in [3.05, 3.63) is 34.6 Å². The number of aromatic nitrogens is 3. The summed E-state index contributed by atoms with van der Waals surface area (Å²) < 4.78 is 6.52. The number of benzene rings is 1. The lowest BCUT2D eigenvalue weighted by Crippen LogP contribution is -2.42. The van der Waals surface area contributed by atoms with Crippen LogP contribution in [0.5, 0.6) is 0 Å². The molecule has 0 amide bonds. The number of piperidine rings is 1. The van der Waals surface area contributed by atoms with E-state index in [1.54, 1.807) is 0 Å². The van der Waals surface area contributed by atoms with Crippen LogP contribution < -0.4 is 21.1 Å². The SMILES string of the molecule is O=c1[nH]c(N2CCOCC2)nc(N[C@@H]2C[C@@H]3CN[C@H]2C3)c1-c1nc2ccccc2s1. The normalized spacial score (nSPS) is 25.9. The maximum absolute atomic E-state index is 13.3. The Bertz CT molecular complexity index is 1100. The number of thiazole rings is 1.